The topological polar surface area (TPSA) is 0 Å². The van der Waals surface area contributed by atoms with E-state index in [-0.39, 0.29) is 0 Å². The molecule has 0 saturated carbocycles. The predicted octanol–water partition coefficient (Wildman–Crippen LogP) is 6.05. The largest absolute Gasteiger partial charge is 0.122 e. The van der Waals surface area contributed by atoms with Crippen molar-refractivity contribution in [1.82, 2.24) is 0 Å². The Labute approximate surface area is 120 Å². The molecule has 0 saturated heterocycles. The zero-order valence-electron chi connectivity index (χ0n) is 8.68. The summed E-state index contributed by atoms with van der Waals surface area (Å²) in [5.74, 6) is 0.413. The average Bonchev–Trinajstić information content (AvgIpc) is 2.27. The minimum absolute atomic E-state index is 0.413. The van der Waals surface area contributed by atoms with Crippen LogP contribution >= 0.6 is 46.4 Å². The van der Waals surface area contributed by atoms with E-state index in [4.69, 9.17) is 46.4 Å². The van der Waals surface area contributed by atoms with E-state index in [1.54, 1.807) is 6.07 Å². The fourth-order valence-electron chi connectivity index (χ4n) is 1.64. The van der Waals surface area contributed by atoms with E-state index in [1.165, 1.54) is 0 Å². The summed E-state index contributed by atoms with van der Waals surface area (Å²) in [6.07, 6.45) is 0. The smallest absolute Gasteiger partial charge is 0.0480 e. The zero-order valence-corrected chi connectivity index (χ0v) is 11.7. The van der Waals surface area contributed by atoms with Crippen molar-refractivity contribution in [1.29, 1.82) is 0 Å². The third-order valence-electron chi connectivity index (χ3n) is 2.39. The molecule has 0 aliphatic rings. The van der Waals surface area contributed by atoms with Gasteiger partial charge in [0.2, 0.25) is 0 Å². The van der Waals surface area contributed by atoms with Crippen LogP contribution in [0.2, 0.25) is 15.1 Å². The SMILES string of the molecule is ClCc1ccc(Cl)cc1-c1cc(Cl)cc(Cl)c1. The first kappa shape index (κ1) is 13.0. The molecule has 0 bridgehead atoms. The molecular formula is C13H8Cl4. The van der Waals surface area contributed by atoms with Crippen molar-refractivity contribution in [3.05, 3.63) is 57.0 Å². The van der Waals surface area contributed by atoms with E-state index in [1.807, 2.05) is 30.3 Å². The summed E-state index contributed by atoms with van der Waals surface area (Å²) in [6, 6.07) is 11.0. The monoisotopic (exact) mass is 304 g/mol. The zero-order chi connectivity index (χ0) is 12.4. The molecule has 2 rings (SSSR count). The first-order chi connectivity index (χ1) is 8.10. The standard InChI is InChI=1S/C13H8Cl4/c14-7-8-1-2-10(15)6-13(8)9-3-11(16)5-12(17)4-9/h1-6H,7H2. The Balaban J connectivity index is 2.62. The highest BCUT2D eigenvalue weighted by Gasteiger charge is 2.07. The van der Waals surface area contributed by atoms with Crippen molar-refractivity contribution in [2.24, 2.45) is 0 Å². The van der Waals surface area contributed by atoms with Crippen LogP contribution in [0.15, 0.2) is 36.4 Å². The summed E-state index contributed by atoms with van der Waals surface area (Å²) in [7, 11) is 0. The minimum atomic E-state index is 0.413. The molecule has 2 aromatic rings. The molecule has 0 nitrogen and oxygen atoms in total. The minimum Gasteiger partial charge on any atom is -0.122 e. The lowest BCUT2D eigenvalue weighted by Gasteiger charge is -2.09. The molecule has 0 unspecified atom stereocenters. The third kappa shape index (κ3) is 3.08. The first-order valence-electron chi connectivity index (χ1n) is 4.91. The Hall–Kier alpha value is -0.400. The Morgan fingerprint density at radius 2 is 1.41 bits per heavy atom. The van der Waals surface area contributed by atoms with Crippen LogP contribution in [0.25, 0.3) is 11.1 Å². The predicted molar refractivity (Wildman–Crippen MR) is 76.5 cm³/mol. The molecular weight excluding hydrogens is 298 g/mol. The lowest BCUT2D eigenvalue weighted by atomic mass is 10.0. The maximum absolute atomic E-state index is 5.99. The molecule has 0 fully saturated rings. The van der Waals surface area contributed by atoms with Gasteiger partial charge in [0.1, 0.15) is 0 Å². The fourth-order valence-corrected chi connectivity index (χ4v) is 2.57. The molecule has 0 heterocycles. The normalized spacial score (nSPS) is 10.6. The van der Waals surface area contributed by atoms with E-state index in [9.17, 15) is 0 Å². The summed E-state index contributed by atoms with van der Waals surface area (Å²) in [6.45, 7) is 0. The van der Waals surface area contributed by atoms with E-state index >= 15 is 0 Å². The summed E-state index contributed by atoms with van der Waals surface area (Å²) in [5, 5.41) is 1.84. The van der Waals surface area contributed by atoms with Crippen molar-refractivity contribution in [2.45, 2.75) is 5.88 Å². The summed E-state index contributed by atoms with van der Waals surface area (Å²) in [5.41, 5.74) is 2.87. The van der Waals surface area contributed by atoms with Gasteiger partial charge in [-0.05, 0) is 47.0 Å². The van der Waals surface area contributed by atoms with Crippen LogP contribution in [0.3, 0.4) is 0 Å². The van der Waals surface area contributed by atoms with Crippen molar-refractivity contribution in [3.63, 3.8) is 0 Å². The van der Waals surface area contributed by atoms with Gasteiger partial charge in [-0.25, -0.2) is 0 Å². The second-order valence-electron chi connectivity index (χ2n) is 3.59. The van der Waals surface area contributed by atoms with Gasteiger partial charge >= 0.3 is 0 Å². The van der Waals surface area contributed by atoms with Gasteiger partial charge in [-0.1, -0.05) is 40.9 Å². The van der Waals surface area contributed by atoms with Gasteiger partial charge in [-0.3, -0.25) is 0 Å². The lowest BCUT2D eigenvalue weighted by Crippen LogP contribution is -1.87. The van der Waals surface area contributed by atoms with Gasteiger partial charge < -0.3 is 0 Å². The Morgan fingerprint density at radius 3 is 2.00 bits per heavy atom. The molecule has 0 atom stereocenters. The third-order valence-corrected chi connectivity index (χ3v) is 3.35. The Bertz CT molecular complexity index is 529. The maximum atomic E-state index is 5.99. The van der Waals surface area contributed by atoms with Gasteiger partial charge in [-0.2, -0.15) is 0 Å². The van der Waals surface area contributed by atoms with Crippen LogP contribution in [0.5, 0.6) is 0 Å². The van der Waals surface area contributed by atoms with Crippen LogP contribution < -0.4 is 0 Å². The van der Waals surface area contributed by atoms with E-state index in [0.717, 1.165) is 16.7 Å². The maximum Gasteiger partial charge on any atom is 0.0480 e. The molecule has 4 heteroatoms. The van der Waals surface area contributed by atoms with Crippen LogP contribution in [0, 0.1) is 0 Å². The molecule has 0 N–H and O–H groups in total. The first-order valence-corrected chi connectivity index (χ1v) is 6.58. The van der Waals surface area contributed by atoms with Gasteiger partial charge in [-0.15, -0.1) is 11.6 Å². The van der Waals surface area contributed by atoms with Gasteiger partial charge in [0.05, 0.1) is 0 Å². The van der Waals surface area contributed by atoms with Crippen LogP contribution in [0.4, 0.5) is 0 Å². The Morgan fingerprint density at radius 1 is 0.765 bits per heavy atom. The highest BCUT2D eigenvalue weighted by molar-refractivity contribution is 6.35. The van der Waals surface area contributed by atoms with Crippen LogP contribution in [-0.2, 0) is 5.88 Å². The fraction of sp³-hybridized carbons (Fsp3) is 0.0769. The van der Waals surface area contributed by atoms with Crippen molar-refractivity contribution < 1.29 is 0 Å². The molecule has 0 aliphatic carbocycles. The summed E-state index contributed by atoms with van der Waals surface area (Å²) in [4.78, 5) is 0. The van der Waals surface area contributed by atoms with Crippen molar-refractivity contribution >= 4 is 46.4 Å². The number of alkyl halides is 1. The second-order valence-corrected chi connectivity index (χ2v) is 5.17. The molecule has 0 radical (unpaired) electrons. The number of benzene rings is 2. The molecule has 0 aliphatic heterocycles. The van der Waals surface area contributed by atoms with E-state index in [0.29, 0.717) is 20.9 Å². The van der Waals surface area contributed by atoms with E-state index in [2.05, 4.69) is 0 Å². The van der Waals surface area contributed by atoms with Gasteiger partial charge in [0, 0.05) is 20.9 Å². The molecule has 0 amide bonds. The number of rotatable bonds is 2. The number of hydrogen-bond acceptors (Lipinski definition) is 0. The molecule has 17 heavy (non-hydrogen) atoms. The molecule has 0 spiro atoms. The highest BCUT2D eigenvalue weighted by atomic mass is 35.5. The van der Waals surface area contributed by atoms with Gasteiger partial charge in [0.15, 0.2) is 0 Å². The average molecular weight is 306 g/mol. The number of hydrogen-bond donors (Lipinski definition) is 0. The summed E-state index contributed by atoms with van der Waals surface area (Å²) >= 11 is 23.9. The quantitative estimate of drug-likeness (QED) is 0.592. The summed E-state index contributed by atoms with van der Waals surface area (Å²) < 4.78 is 0. The van der Waals surface area contributed by atoms with E-state index < -0.39 is 0 Å². The van der Waals surface area contributed by atoms with Crippen LogP contribution in [-0.4, -0.2) is 0 Å². The molecule has 2 aromatic carbocycles. The highest BCUT2D eigenvalue weighted by Crippen LogP contribution is 2.32. The van der Waals surface area contributed by atoms with Crippen molar-refractivity contribution in [2.75, 3.05) is 0 Å². The molecule has 88 valence electrons. The van der Waals surface area contributed by atoms with Crippen molar-refractivity contribution in [3.8, 4) is 11.1 Å². The number of halogens is 4. The lowest BCUT2D eigenvalue weighted by molar-refractivity contribution is 1.40. The molecule has 0 aromatic heterocycles. The van der Waals surface area contributed by atoms with Crippen LogP contribution in [0.1, 0.15) is 5.56 Å². The Kier molecular flexibility index (Phi) is 4.22. The van der Waals surface area contributed by atoms with Gasteiger partial charge in [0.25, 0.3) is 0 Å². The second kappa shape index (κ2) is 5.49.